The Bertz CT molecular complexity index is 596. The summed E-state index contributed by atoms with van der Waals surface area (Å²) >= 11 is 0. The number of hydrogen-bond acceptors (Lipinski definition) is 5. The first kappa shape index (κ1) is 11.0. The highest BCUT2D eigenvalue weighted by atomic mass is 15.5. The number of hydrogen-bond donors (Lipinski definition) is 0. The third-order valence-electron chi connectivity index (χ3n) is 2.27. The Balaban J connectivity index is 2.54. The van der Waals surface area contributed by atoms with E-state index in [0.717, 1.165) is 0 Å². The summed E-state index contributed by atoms with van der Waals surface area (Å²) in [5.41, 5.74) is 2.37. The molecule has 0 atom stereocenters. The van der Waals surface area contributed by atoms with Gasteiger partial charge in [0.1, 0.15) is 11.8 Å². The molecule has 0 bridgehead atoms. The third-order valence-corrected chi connectivity index (χ3v) is 2.27. The zero-order valence-electron chi connectivity index (χ0n) is 9.55. The van der Waals surface area contributed by atoms with E-state index < -0.39 is 0 Å². The van der Waals surface area contributed by atoms with Crippen LogP contribution >= 0.6 is 0 Å². The highest BCUT2D eigenvalue weighted by molar-refractivity contribution is 5.40. The van der Waals surface area contributed by atoms with Crippen LogP contribution in [0, 0.1) is 25.2 Å². The zero-order chi connectivity index (χ0) is 12.4. The van der Waals surface area contributed by atoms with E-state index in [0.29, 0.717) is 28.6 Å². The number of rotatable bonds is 2. The van der Waals surface area contributed by atoms with E-state index in [2.05, 4.69) is 32.8 Å². The summed E-state index contributed by atoms with van der Waals surface area (Å²) in [6, 6.07) is 2.07. The van der Waals surface area contributed by atoms with Crippen LogP contribution in [-0.2, 0) is 0 Å². The minimum atomic E-state index is 0.354. The molecule has 0 N–H and O–H groups in total. The Hall–Kier alpha value is -2.55. The molecule has 0 aromatic carbocycles. The van der Waals surface area contributed by atoms with Crippen molar-refractivity contribution in [3.63, 3.8) is 0 Å². The minimum Gasteiger partial charge on any atom is -0.214 e. The van der Waals surface area contributed by atoms with Gasteiger partial charge in [-0.15, -0.1) is 9.90 Å². The van der Waals surface area contributed by atoms with Crippen LogP contribution in [0.5, 0.6) is 0 Å². The van der Waals surface area contributed by atoms with Gasteiger partial charge in [-0.1, -0.05) is 6.58 Å². The van der Waals surface area contributed by atoms with Crippen molar-refractivity contribution in [2.75, 3.05) is 0 Å². The van der Waals surface area contributed by atoms with Crippen LogP contribution in [0.3, 0.4) is 0 Å². The zero-order valence-corrected chi connectivity index (χ0v) is 9.55. The minimum absolute atomic E-state index is 0.354. The van der Waals surface area contributed by atoms with Crippen LogP contribution < -0.4 is 0 Å². The lowest BCUT2D eigenvalue weighted by Gasteiger charge is -2.03. The van der Waals surface area contributed by atoms with Crippen LogP contribution in [0.2, 0.25) is 0 Å². The van der Waals surface area contributed by atoms with Crippen molar-refractivity contribution in [2.24, 2.45) is 0 Å². The van der Waals surface area contributed by atoms with E-state index in [1.807, 2.05) is 0 Å². The van der Waals surface area contributed by atoms with Crippen LogP contribution in [0.4, 0.5) is 0 Å². The molecule has 84 valence electrons. The normalized spacial score (nSPS) is 9.94. The monoisotopic (exact) mass is 226 g/mol. The number of aromatic nitrogens is 5. The first-order valence-corrected chi connectivity index (χ1v) is 4.96. The van der Waals surface area contributed by atoms with E-state index in [4.69, 9.17) is 5.26 Å². The van der Waals surface area contributed by atoms with Gasteiger partial charge >= 0.3 is 0 Å². The highest BCUT2D eigenvalue weighted by Crippen LogP contribution is 2.10. The topological polar surface area (TPSA) is 80.3 Å². The molecule has 2 heterocycles. The largest absolute Gasteiger partial charge is 0.269 e. The van der Waals surface area contributed by atoms with Crippen molar-refractivity contribution in [2.45, 2.75) is 13.8 Å². The fraction of sp³-hybridized carbons (Fsp3) is 0.182. The second-order valence-electron chi connectivity index (χ2n) is 3.44. The lowest BCUT2D eigenvalue weighted by atomic mass is 10.2. The van der Waals surface area contributed by atoms with E-state index in [9.17, 15) is 0 Å². The molecule has 0 radical (unpaired) electrons. The van der Waals surface area contributed by atoms with Gasteiger partial charge in [0.15, 0.2) is 0 Å². The predicted octanol–water partition coefficient (Wildman–Crippen LogP) is 1.19. The van der Waals surface area contributed by atoms with E-state index >= 15 is 0 Å². The van der Waals surface area contributed by atoms with Crippen molar-refractivity contribution < 1.29 is 0 Å². The van der Waals surface area contributed by atoms with Gasteiger partial charge in [-0.05, 0) is 19.9 Å². The molecule has 0 aliphatic carbocycles. The molecule has 0 amide bonds. The summed E-state index contributed by atoms with van der Waals surface area (Å²) in [6.45, 7) is 7.12. The van der Waals surface area contributed by atoms with Crippen molar-refractivity contribution in [1.82, 2.24) is 25.0 Å². The van der Waals surface area contributed by atoms with Crippen LogP contribution in [-0.4, -0.2) is 25.0 Å². The lowest BCUT2D eigenvalue weighted by Crippen LogP contribution is -2.09. The molecular formula is C11H10N6. The fourth-order valence-corrected chi connectivity index (χ4v) is 1.41. The molecule has 2 rings (SSSR count). The molecular weight excluding hydrogens is 216 g/mol. The SMILES string of the molecule is C=Cc1cnn(-c2nc(C)c(C#N)c(C)n2)n1. The molecule has 17 heavy (non-hydrogen) atoms. The molecule has 0 aliphatic rings. The highest BCUT2D eigenvalue weighted by Gasteiger charge is 2.10. The van der Waals surface area contributed by atoms with Gasteiger partial charge in [-0.2, -0.15) is 10.4 Å². The smallest absolute Gasteiger partial charge is 0.214 e. The molecule has 0 aliphatic heterocycles. The molecule has 6 nitrogen and oxygen atoms in total. The second kappa shape index (κ2) is 4.14. The van der Waals surface area contributed by atoms with Crippen molar-refractivity contribution in [3.8, 4) is 12.0 Å². The average molecular weight is 226 g/mol. The predicted molar refractivity (Wildman–Crippen MR) is 61.2 cm³/mol. The molecule has 0 fully saturated rings. The van der Waals surface area contributed by atoms with Gasteiger partial charge in [0.25, 0.3) is 5.95 Å². The summed E-state index contributed by atoms with van der Waals surface area (Å²) in [5.74, 6) is 0.354. The Labute approximate surface area is 98.3 Å². The molecule has 0 unspecified atom stereocenters. The first-order chi connectivity index (χ1) is 8.15. The lowest BCUT2D eigenvalue weighted by molar-refractivity contribution is 0.693. The summed E-state index contributed by atoms with van der Waals surface area (Å²) < 4.78 is 0. The Morgan fingerprint density at radius 1 is 1.35 bits per heavy atom. The fourth-order valence-electron chi connectivity index (χ4n) is 1.41. The van der Waals surface area contributed by atoms with Crippen LogP contribution in [0.15, 0.2) is 12.8 Å². The van der Waals surface area contributed by atoms with Crippen molar-refractivity contribution in [1.29, 1.82) is 5.26 Å². The summed E-state index contributed by atoms with van der Waals surface area (Å²) in [4.78, 5) is 9.70. The van der Waals surface area contributed by atoms with E-state index in [1.54, 1.807) is 26.1 Å². The maximum atomic E-state index is 8.92. The van der Waals surface area contributed by atoms with Gasteiger partial charge in [0, 0.05) is 0 Å². The molecule has 0 spiro atoms. The molecule has 0 saturated carbocycles. The average Bonchev–Trinajstić information content (AvgIpc) is 2.77. The van der Waals surface area contributed by atoms with Gasteiger partial charge in [-0.3, -0.25) is 0 Å². The van der Waals surface area contributed by atoms with E-state index in [-0.39, 0.29) is 0 Å². The first-order valence-electron chi connectivity index (χ1n) is 4.96. The molecule has 0 saturated heterocycles. The number of nitrogens with zero attached hydrogens (tertiary/aromatic N) is 6. The van der Waals surface area contributed by atoms with Gasteiger partial charge in [0.05, 0.1) is 23.1 Å². The standard InChI is InChI=1S/C11H10N6/c1-4-9-6-13-17(16-9)11-14-7(2)10(5-12)8(3)15-11/h4,6H,1H2,2-3H3. The Morgan fingerprint density at radius 3 is 2.47 bits per heavy atom. The van der Waals surface area contributed by atoms with Gasteiger partial charge in [-0.25, -0.2) is 9.97 Å². The summed E-state index contributed by atoms with van der Waals surface area (Å²) in [6.07, 6.45) is 3.16. The Kier molecular flexibility index (Phi) is 2.66. The van der Waals surface area contributed by atoms with Gasteiger partial charge in [0.2, 0.25) is 0 Å². The number of nitriles is 1. The van der Waals surface area contributed by atoms with Crippen LogP contribution in [0.1, 0.15) is 22.6 Å². The molecule has 2 aromatic heterocycles. The summed E-state index contributed by atoms with van der Waals surface area (Å²) in [7, 11) is 0. The molecule has 6 heteroatoms. The number of aryl methyl sites for hydroxylation is 2. The summed E-state index contributed by atoms with van der Waals surface area (Å²) in [5, 5.41) is 17.1. The van der Waals surface area contributed by atoms with Gasteiger partial charge < -0.3 is 0 Å². The maximum Gasteiger partial charge on any atom is 0.269 e. The second-order valence-corrected chi connectivity index (χ2v) is 3.44. The van der Waals surface area contributed by atoms with E-state index in [1.165, 1.54) is 4.80 Å². The molecule has 2 aromatic rings. The quantitative estimate of drug-likeness (QED) is 0.768. The maximum absolute atomic E-state index is 8.92. The Morgan fingerprint density at radius 2 is 2.00 bits per heavy atom. The van der Waals surface area contributed by atoms with Crippen molar-refractivity contribution in [3.05, 3.63) is 35.4 Å². The van der Waals surface area contributed by atoms with Crippen molar-refractivity contribution >= 4 is 6.08 Å². The van der Waals surface area contributed by atoms with Crippen LogP contribution in [0.25, 0.3) is 12.0 Å². The third kappa shape index (κ3) is 1.90.